The lowest BCUT2D eigenvalue weighted by atomic mass is 9.96. The third kappa shape index (κ3) is 3.08. The van der Waals surface area contributed by atoms with Crippen LogP contribution in [0, 0.1) is 12.8 Å². The molecule has 5 heteroatoms. The van der Waals surface area contributed by atoms with Crippen LogP contribution in [0.1, 0.15) is 24.2 Å². The Balaban J connectivity index is 1.63. The maximum absolute atomic E-state index is 11.6. The van der Waals surface area contributed by atoms with E-state index in [-0.39, 0.29) is 11.8 Å². The van der Waals surface area contributed by atoms with Crippen molar-refractivity contribution in [2.75, 3.05) is 20.1 Å². The first-order valence-corrected chi connectivity index (χ1v) is 7.55. The van der Waals surface area contributed by atoms with E-state index < -0.39 is 0 Å². The van der Waals surface area contributed by atoms with Crippen LogP contribution >= 0.6 is 0 Å². The predicted molar refractivity (Wildman–Crippen MR) is 82.9 cm³/mol. The summed E-state index contributed by atoms with van der Waals surface area (Å²) < 4.78 is 0. The number of nitrogens with zero attached hydrogens (tertiary/aromatic N) is 2. The van der Waals surface area contributed by atoms with Gasteiger partial charge in [-0.3, -0.25) is 9.69 Å². The highest BCUT2D eigenvalue weighted by molar-refractivity contribution is 5.78. The summed E-state index contributed by atoms with van der Waals surface area (Å²) in [6.45, 7) is 4.82. The zero-order chi connectivity index (χ0) is 14.8. The molecule has 2 aromatic rings. The molecule has 2 heterocycles. The molecule has 1 aliphatic rings. The van der Waals surface area contributed by atoms with Crippen molar-refractivity contribution < 1.29 is 4.79 Å². The third-order valence-corrected chi connectivity index (χ3v) is 4.26. The molecule has 1 saturated heterocycles. The molecular formula is C16H22N4O. The molecule has 3 rings (SSSR count). The molecule has 0 bridgehead atoms. The molecule has 1 aliphatic heterocycles. The van der Waals surface area contributed by atoms with Crippen molar-refractivity contribution in [2.24, 2.45) is 5.92 Å². The molecule has 0 spiro atoms. The van der Waals surface area contributed by atoms with Gasteiger partial charge in [-0.1, -0.05) is 6.07 Å². The second-order valence-electron chi connectivity index (χ2n) is 5.87. The normalized spacial score (nSPS) is 17.2. The SMILES string of the molecule is CNC(=O)C1CCN(Cc2nc3ccc(C)cc3[nH]2)CC1. The summed E-state index contributed by atoms with van der Waals surface area (Å²) in [6, 6.07) is 6.27. The first kappa shape index (κ1) is 14.1. The van der Waals surface area contributed by atoms with Crippen LogP contribution in [0.25, 0.3) is 11.0 Å². The van der Waals surface area contributed by atoms with Crippen molar-refractivity contribution in [1.82, 2.24) is 20.2 Å². The average molecular weight is 286 g/mol. The molecule has 1 amide bonds. The highest BCUT2D eigenvalue weighted by atomic mass is 16.1. The van der Waals surface area contributed by atoms with Crippen molar-refractivity contribution in [3.8, 4) is 0 Å². The first-order chi connectivity index (χ1) is 10.2. The Hall–Kier alpha value is -1.88. The Morgan fingerprint density at radius 3 is 2.90 bits per heavy atom. The number of aryl methyl sites for hydroxylation is 1. The third-order valence-electron chi connectivity index (χ3n) is 4.26. The van der Waals surface area contributed by atoms with Gasteiger partial charge in [0.25, 0.3) is 0 Å². The van der Waals surface area contributed by atoms with Crippen molar-refractivity contribution >= 4 is 16.9 Å². The minimum Gasteiger partial charge on any atom is -0.359 e. The highest BCUT2D eigenvalue weighted by Gasteiger charge is 2.24. The largest absolute Gasteiger partial charge is 0.359 e. The van der Waals surface area contributed by atoms with Gasteiger partial charge in [0.2, 0.25) is 5.91 Å². The first-order valence-electron chi connectivity index (χ1n) is 7.55. The number of imidazole rings is 1. The zero-order valence-corrected chi connectivity index (χ0v) is 12.6. The van der Waals surface area contributed by atoms with Gasteiger partial charge < -0.3 is 10.3 Å². The van der Waals surface area contributed by atoms with E-state index in [4.69, 9.17) is 0 Å². The topological polar surface area (TPSA) is 61.0 Å². The lowest BCUT2D eigenvalue weighted by molar-refractivity contribution is -0.125. The van der Waals surface area contributed by atoms with Gasteiger partial charge >= 0.3 is 0 Å². The van der Waals surface area contributed by atoms with Gasteiger partial charge in [0.15, 0.2) is 0 Å². The second-order valence-corrected chi connectivity index (χ2v) is 5.87. The summed E-state index contributed by atoms with van der Waals surface area (Å²) in [5.41, 5.74) is 3.37. The number of fused-ring (bicyclic) bond motifs is 1. The fraction of sp³-hybridized carbons (Fsp3) is 0.500. The molecule has 1 aromatic carbocycles. The molecule has 0 radical (unpaired) electrons. The standard InChI is InChI=1S/C16H22N4O/c1-11-3-4-13-14(9-11)19-15(18-13)10-20-7-5-12(6-8-20)16(21)17-2/h3-4,9,12H,5-8,10H2,1-2H3,(H,17,21)(H,18,19). The molecule has 21 heavy (non-hydrogen) atoms. The lowest BCUT2D eigenvalue weighted by Crippen LogP contribution is -2.39. The second kappa shape index (κ2) is 5.85. The van der Waals surface area contributed by atoms with Crippen LogP contribution in [0.5, 0.6) is 0 Å². The van der Waals surface area contributed by atoms with E-state index in [1.165, 1.54) is 5.56 Å². The Morgan fingerprint density at radius 2 is 2.19 bits per heavy atom. The summed E-state index contributed by atoms with van der Waals surface area (Å²) >= 11 is 0. The van der Waals surface area contributed by atoms with Crippen LogP contribution in [0.3, 0.4) is 0 Å². The van der Waals surface area contributed by atoms with Gasteiger partial charge in [-0.2, -0.15) is 0 Å². The summed E-state index contributed by atoms with van der Waals surface area (Å²) in [5, 5.41) is 2.75. The van der Waals surface area contributed by atoms with Crippen LogP contribution in [0.2, 0.25) is 0 Å². The monoisotopic (exact) mass is 286 g/mol. The predicted octanol–water partition coefficient (Wildman–Crippen LogP) is 1.83. The van der Waals surface area contributed by atoms with Gasteiger partial charge in [-0.25, -0.2) is 4.98 Å². The van der Waals surface area contributed by atoms with Gasteiger partial charge in [0, 0.05) is 13.0 Å². The van der Waals surface area contributed by atoms with Crippen molar-refractivity contribution in [3.05, 3.63) is 29.6 Å². The van der Waals surface area contributed by atoms with Crippen molar-refractivity contribution in [3.63, 3.8) is 0 Å². The zero-order valence-electron chi connectivity index (χ0n) is 12.6. The van der Waals surface area contributed by atoms with E-state index in [9.17, 15) is 4.79 Å². The Kier molecular flexibility index (Phi) is 3.92. The highest BCUT2D eigenvalue weighted by Crippen LogP contribution is 2.20. The summed E-state index contributed by atoms with van der Waals surface area (Å²) in [5.74, 6) is 1.35. The molecular weight excluding hydrogens is 264 g/mol. The quantitative estimate of drug-likeness (QED) is 0.905. The molecule has 0 atom stereocenters. The van der Waals surface area contributed by atoms with Crippen molar-refractivity contribution in [1.29, 1.82) is 0 Å². The summed E-state index contributed by atoms with van der Waals surface area (Å²) in [6.07, 6.45) is 1.86. The Morgan fingerprint density at radius 1 is 1.43 bits per heavy atom. The van der Waals surface area contributed by atoms with E-state index in [0.717, 1.165) is 49.3 Å². The minimum atomic E-state index is 0.171. The maximum atomic E-state index is 11.6. The van der Waals surface area contributed by atoms with Gasteiger partial charge in [0.05, 0.1) is 17.6 Å². The molecule has 112 valence electrons. The number of rotatable bonds is 3. The van der Waals surface area contributed by atoms with Gasteiger partial charge in [-0.15, -0.1) is 0 Å². The average Bonchev–Trinajstić information content (AvgIpc) is 2.88. The molecule has 0 unspecified atom stereocenters. The Bertz CT molecular complexity index is 641. The summed E-state index contributed by atoms with van der Waals surface area (Å²) in [4.78, 5) is 22.0. The number of carbonyl (C=O) groups excluding carboxylic acids is 1. The van der Waals surface area contributed by atoms with E-state index in [0.29, 0.717) is 0 Å². The number of nitrogens with one attached hydrogen (secondary N) is 2. The van der Waals surface area contributed by atoms with Crippen LogP contribution in [-0.2, 0) is 11.3 Å². The molecule has 5 nitrogen and oxygen atoms in total. The smallest absolute Gasteiger partial charge is 0.222 e. The number of hydrogen-bond acceptors (Lipinski definition) is 3. The number of piperidine rings is 1. The van der Waals surface area contributed by atoms with Crippen LogP contribution in [-0.4, -0.2) is 40.9 Å². The number of carbonyl (C=O) groups is 1. The number of likely N-dealkylation sites (tertiary alicyclic amines) is 1. The van der Waals surface area contributed by atoms with Crippen LogP contribution in [0.15, 0.2) is 18.2 Å². The van der Waals surface area contributed by atoms with E-state index in [2.05, 4.69) is 45.3 Å². The Labute approximate surface area is 124 Å². The minimum absolute atomic E-state index is 0.171. The molecule has 1 fully saturated rings. The maximum Gasteiger partial charge on any atom is 0.222 e. The fourth-order valence-corrected chi connectivity index (χ4v) is 3.02. The molecule has 0 aliphatic carbocycles. The number of H-pyrrole nitrogens is 1. The van der Waals surface area contributed by atoms with E-state index in [1.807, 2.05) is 0 Å². The van der Waals surface area contributed by atoms with Crippen LogP contribution < -0.4 is 5.32 Å². The van der Waals surface area contributed by atoms with E-state index in [1.54, 1.807) is 7.05 Å². The number of aromatic amines is 1. The number of amides is 1. The van der Waals surface area contributed by atoms with Gasteiger partial charge in [0.1, 0.15) is 5.82 Å². The van der Waals surface area contributed by atoms with Crippen molar-refractivity contribution in [2.45, 2.75) is 26.3 Å². The number of aromatic nitrogens is 2. The number of hydrogen-bond donors (Lipinski definition) is 2. The summed E-state index contributed by atoms with van der Waals surface area (Å²) in [7, 11) is 1.71. The molecule has 1 aromatic heterocycles. The number of benzene rings is 1. The van der Waals surface area contributed by atoms with Gasteiger partial charge in [-0.05, 0) is 50.6 Å². The van der Waals surface area contributed by atoms with E-state index >= 15 is 0 Å². The lowest BCUT2D eigenvalue weighted by Gasteiger charge is -2.30. The molecule has 0 saturated carbocycles. The molecule has 2 N–H and O–H groups in total. The fourth-order valence-electron chi connectivity index (χ4n) is 3.02. The van der Waals surface area contributed by atoms with Crippen LogP contribution in [0.4, 0.5) is 0 Å².